The molecule has 1 amide bonds. The van der Waals surface area contributed by atoms with Crippen LogP contribution in [0.25, 0.3) is 9.88 Å². The van der Waals surface area contributed by atoms with E-state index >= 15 is 0 Å². The number of benzene rings is 1. The molecule has 1 aliphatic rings. The quantitative estimate of drug-likeness (QED) is 0.677. The smallest absolute Gasteiger partial charge is 0.230 e. The Morgan fingerprint density at radius 2 is 2.08 bits per heavy atom. The second-order valence-electron chi connectivity index (χ2n) is 6.54. The van der Waals surface area contributed by atoms with Gasteiger partial charge >= 0.3 is 0 Å². The standard InChI is InChI=1S/C20H21N3OS2/c1-14-11-16(23-8-2-3-9-23)6-7-17(14)22-19(24)12-15-13-26-20(21-15)18-5-4-10-25-18/h4-7,10-11,13H,2-3,8-9,12H2,1H3,(H,22,24). The highest BCUT2D eigenvalue weighted by Gasteiger charge is 2.14. The lowest BCUT2D eigenvalue weighted by Crippen LogP contribution is -2.18. The number of hydrogen-bond donors (Lipinski definition) is 1. The zero-order chi connectivity index (χ0) is 17.9. The summed E-state index contributed by atoms with van der Waals surface area (Å²) in [6, 6.07) is 10.4. The Hall–Kier alpha value is -2.18. The van der Waals surface area contributed by atoms with E-state index in [0.29, 0.717) is 6.42 Å². The number of nitrogens with zero attached hydrogens (tertiary/aromatic N) is 2. The summed E-state index contributed by atoms with van der Waals surface area (Å²) in [5.41, 5.74) is 4.05. The summed E-state index contributed by atoms with van der Waals surface area (Å²) in [4.78, 5) is 20.6. The van der Waals surface area contributed by atoms with Crippen molar-refractivity contribution in [3.8, 4) is 9.88 Å². The third kappa shape index (κ3) is 3.81. The largest absolute Gasteiger partial charge is 0.372 e. The number of rotatable bonds is 5. The van der Waals surface area contributed by atoms with E-state index in [-0.39, 0.29) is 5.91 Å². The van der Waals surface area contributed by atoms with Gasteiger partial charge in [0.1, 0.15) is 5.01 Å². The molecule has 1 N–H and O–H groups in total. The number of amides is 1. The molecule has 0 bridgehead atoms. The highest BCUT2D eigenvalue weighted by molar-refractivity contribution is 7.20. The van der Waals surface area contributed by atoms with Crippen LogP contribution < -0.4 is 10.2 Å². The minimum Gasteiger partial charge on any atom is -0.372 e. The Bertz CT molecular complexity index is 896. The van der Waals surface area contributed by atoms with Gasteiger partial charge in [-0.3, -0.25) is 4.79 Å². The van der Waals surface area contributed by atoms with Crippen molar-refractivity contribution >= 4 is 40.0 Å². The predicted molar refractivity (Wildman–Crippen MR) is 110 cm³/mol. The SMILES string of the molecule is Cc1cc(N2CCCC2)ccc1NC(=O)Cc1csc(-c2cccs2)n1. The lowest BCUT2D eigenvalue weighted by Gasteiger charge is -2.19. The molecular formula is C20H21N3OS2. The molecule has 3 aromatic rings. The number of aryl methyl sites for hydroxylation is 1. The third-order valence-corrected chi connectivity index (χ3v) is 6.51. The molecular weight excluding hydrogens is 362 g/mol. The number of aromatic nitrogens is 1. The van der Waals surface area contributed by atoms with Gasteiger partial charge in [-0.05, 0) is 55.0 Å². The summed E-state index contributed by atoms with van der Waals surface area (Å²) in [6.45, 7) is 4.30. The van der Waals surface area contributed by atoms with Gasteiger partial charge in [0.05, 0.1) is 17.0 Å². The fraction of sp³-hybridized carbons (Fsp3) is 0.300. The van der Waals surface area contributed by atoms with Gasteiger partial charge in [-0.15, -0.1) is 22.7 Å². The highest BCUT2D eigenvalue weighted by Crippen LogP contribution is 2.28. The topological polar surface area (TPSA) is 45.2 Å². The first-order valence-corrected chi connectivity index (χ1v) is 10.6. The number of thiophene rings is 1. The highest BCUT2D eigenvalue weighted by atomic mass is 32.1. The van der Waals surface area contributed by atoms with Crippen LogP contribution in [0, 0.1) is 6.92 Å². The van der Waals surface area contributed by atoms with Gasteiger partial charge in [0.25, 0.3) is 0 Å². The molecule has 26 heavy (non-hydrogen) atoms. The third-order valence-electron chi connectivity index (χ3n) is 4.58. The molecule has 1 saturated heterocycles. The van der Waals surface area contributed by atoms with E-state index in [4.69, 9.17) is 0 Å². The molecule has 3 heterocycles. The monoisotopic (exact) mass is 383 g/mol. The van der Waals surface area contributed by atoms with Crippen molar-refractivity contribution in [2.75, 3.05) is 23.3 Å². The molecule has 0 atom stereocenters. The number of hydrogen-bond acceptors (Lipinski definition) is 5. The first kappa shape index (κ1) is 17.2. The van der Waals surface area contributed by atoms with Crippen molar-refractivity contribution in [2.24, 2.45) is 0 Å². The van der Waals surface area contributed by atoms with Crippen molar-refractivity contribution in [3.05, 3.63) is 52.3 Å². The van der Waals surface area contributed by atoms with E-state index in [0.717, 1.165) is 39.9 Å². The second-order valence-corrected chi connectivity index (χ2v) is 8.35. The Kier molecular flexibility index (Phi) is 5.04. The average Bonchev–Trinajstić information content (AvgIpc) is 3.39. The van der Waals surface area contributed by atoms with E-state index in [1.807, 2.05) is 29.8 Å². The van der Waals surface area contributed by atoms with Gasteiger partial charge < -0.3 is 10.2 Å². The van der Waals surface area contributed by atoms with Crippen LogP contribution in [0.2, 0.25) is 0 Å². The first-order valence-electron chi connectivity index (χ1n) is 8.83. The van der Waals surface area contributed by atoms with Crippen molar-refractivity contribution in [1.29, 1.82) is 0 Å². The van der Waals surface area contributed by atoms with Crippen molar-refractivity contribution in [2.45, 2.75) is 26.2 Å². The molecule has 6 heteroatoms. The molecule has 0 spiro atoms. The van der Waals surface area contributed by atoms with Crippen LogP contribution in [-0.4, -0.2) is 24.0 Å². The number of carbonyl (C=O) groups is 1. The van der Waals surface area contributed by atoms with Gasteiger partial charge in [-0.2, -0.15) is 0 Å². The second kappa shape index (κ2) is 7.60. The van der Waals surface area contributed by atoms with Crippen LogP contribution in [0.5, 0.6) is 0 Å². The summed E-state index contributed by atoms with van der Waals surface area (Å²) in [6.07, 6.45) is 2.83. The maximum atomic E-state index is 12.4. The fourth-order valence-electron chi connectivity index (χ4n) is 3.22. The molecule has 4 nitrogen and oxygen atoms in total. The maximum absolute atomic E-state index is 12.4. The molecule has 1 fully saturated rings. The zero-order valence-corrected chi connectivity index (χ0v) is 16.3. The number of nitrogens with one attached hydrogen (secondary N) is 1. The normalized spacial score (nSPS) is 14.0. The van der Waals surface area contributed by atoms with Crippen LogP contribution in [0.4, 0.5) is 11.4 Å². The van der Waals surface area contributed by atoms with Gasteiger partial charge in [0.15, 0.2) is 0 Å². The molecule has 0 aliphatic carbocycles. The van der Waals surface area contributed by atoms with Crippen LogP contribution in [0.1, 0.15) is 24.1 Å². The molecule has 0 unspecified atom stereocenters. The van der Waals surface area contributed by atoms with E-state index in [1.165, 1.54) is 18.5 Å². The summed E-state index contributed by atoms with van der Waals surface area (Å²) in [5.74, 6) is -0.0231. The van der Waals surface area contributed by atoms with Crippen LogP contribution in [0.3, 0.4) is 0 Å². The Morgan fingerprint density at radius 3 is 2.81 bits per heavy atom. The number of thiazole rings is 1. The summed E-state index contributed by atoms with van der Waals surface area (Å²) < 4.78 is 0. The first-order chi connectivity index (χ1) is 12.7. The van der Waals surface area contributed by atoms with Gasteiger partial charge in [0.2, 0.25) is 5.91 Å². The van der Waals surface area contributed by atoms with Crippen molar-refractivity contribution in [1.82, 2.24) is 4.98 Å². The minimum atomic E-state index is -0.0231. The molecule has 0 saturated carbocycles. The molecule has 2 aromatic heterocycles. The van der Waals surface area contributed by atoms with Crippen molar-refractivity contribution < 1.29 is 4.79 Å². The lowest BCUT2D eigenvalue weighted by atomic mass is 10.1. The molecule has 4 rings (SSSR count). The zero-order valence-electron chi connectivity index (χ0n) is 14.7. The summed E-state index contributed by atoms with van der Waals surface area (Å²) >= 11 is 3.26. The average molecular weight is 384 g/mol. The maximum Gasteiger partial charge on any atom is 0.230 e. The summed E-state index contributed by atoms with van der Waals surface area (Å²) in [7, 11) is 0. The van der Waals surface area contributed by atoms with Crippen LogP contribution in [-0.2, 0) is 11.2 Å². The lowest BCUT2D eigenvalue weighted by molar-refractivity contribution is -0.115. The number of carbonyl (C=O) groups excluding carboxylic acids is 1. The molecule has 134 valence electrons. The van der Waals surface area contributed by atoms with E-state index in [9.17, 15) is 4.79 Å². The Labute approximate surface area is 161 Å². The molecule has 0 radical (unpaired) electrons. The van der Waals surface area contributed by atoms with Gasteiger partial charge in [-0.25, -0.2) is 4.98 Å². The minimum absolute atomic E-state index is 0.0231. The Balaban J connectivity index is 1.40. The van der Waals surface area contributed by atoms with Gasteiger partial charge in [-0.1, -0.05) is 6.07 Å². The number of anilines is 2. The molecule has 1 aliphatic heterocycles. The molecule has 1 aromatic carbocycles. The van der Waals surface area contributed by atoms with E-state index in [2.05, 4.69) is 33.4 Å². The van der Waals surface area contributed by atoms with Crippen LogP contribution >= 0.6 is 22.7 Å². The fourth-order valence-corrected chi connectivity index (χ4v) is 4.85. The van der Waals surface area contributed by atoms with Crippen LogP contribution in [0.15, 0.2) is 41.1 Å². The van der Waals surface area contributed by atoms with E-state index in [1.54, 1.807) is 22.7 Å². The summed E-state index contributed by atoms with van der Waals surface area (Å²) in [5, 5.41) is 8.02. The van der Waals surface area contributed by atoms with E-state index < -0.39 is 0 Å². The van der Waals surface area contributed by atoms with Gasteiger partial charge in [0, 0.05) is 29.8 Å². The predicted octanol–water partition coefficient (Wildman–Crippen LogP) is 4.96. The Morgan fingerprint density at radius 1 is 1.23 bits per heavy atom. The van der Waals surface area contributed by atoms with Crippen molar-refractivity contribution in [3.63, 3.8) is 0 Å².